The Kier molecular flexibility index (Phi) is 5.56. The summed E-state index contributed by atoms with van der Waals surface area (Å²) in [6.45, 7) is 0. The van der Waals surface area contributed by atoms with Crippen molar-refractivity contribution >= 4 is 34.8 Å². The van der Waals surface area contributed by atoms with Gasteiger partial charge in [0, 0.05) is 41.1 Å². The van der Waals surface area contributed by atoms with E-state index in [1.165, 1.54) is 24.5 Å². The first-order chi connectivity index (χ1) is 17.2. The highest BCUT2D eigenvalue weighted by atomic mass is 19.4. The molecule has 0 bridgehead atoms. The molecule has 1 aliphatic rings. The lowest BCUT2D eigenvalue weighted by molar-refractivity contribution is -0.137. The zero-order chi connectivity index (χ0) is 25.4. The molecule has 3 heterocycles. The molecule has 4 aromatic rings. The van der Waals surface area contributed by atoms with Crippen molar-refractivity contribution in [3.05, 3.63) is 106 Å². The molecule has 1 aliphatic heterocycles. The summed E-state index contributed by atoms with van der Waals surface area (Å²) < 4.78 is 38.5. The van der Waals surface area contributed by atoms with Gasteiger partial charge in [0.25, 0.3) is 11.8 Å². The molecule has 2 aromatic heterocycles. The molecule has 180 valence electrons. The van der Waals surface area contributed by atoms with E-state index in [2.05, 4.69) is 20.6 Å². The molecule has 36 heavy (non-hydrogen) atoms. The fourth-order valence-corrected chi connectivity index (χ4v) is 3.91. The van der Waals surface area contributed by atoms with Crippen molar-refractivity contribution in [3.8, 4) is 11.1 Å². The van der Waals surface area contributed by atoms with Crippen LogP contribution in [0.15, 0.2) is 78.0 Å². The summed E-state index contributed by atoms with van der Waals surface area (Å²) in [5.41, 5.74) is 1.32. The van der Waals surface area contributed by atoms with E-state index in [9.17, 15) is 27.6 Å². The average molecular weight is 490 g/mol. The maximum Gasteiger partial charge on any atom is 0.416 e. The first kappa shape index (κ1) is 22.9. The number of nitrogens with one attached hydrogen (secondary N) is 4. The number of halogens is 3. The molecule has 2 aromatic carbocycles. The smallest absolute Gasteiger partial charge is 0.366 e. The van der Waals surface area contributed by atoms with Gasteiger partial charge in [-0.3, -0.25) is 14.4 Å². The van der Waals surface area contributed by atoms with Gasteiger partial charge in [-0.05, 0) is 48.0 Å². The summed E-state index contributed by atoms with van der Waals surface area (Å²) in [7, 11) is 0. The van der Waals surface area contributed by atoms with Crippen LogP contribution in [0, 0.1) is 0 Å². The second-order valence-corrected chi connectivity index (χ2v) is 8.04. The van der Waals surface area contributed by atoms with Gasteiger partial charge < -0.3 is 20.6 Å². The van der Waals surface area contributed by atoms with Gasteiger partial charge in [0.05, 0.1) is 16.8 Å². The Morgan fingerprint density at radius 1 is 0.944 bits per heavy atom. The van der Waals surface area contributed by atoms with Gasteiger partial charge >= 0.3 is 6.18 Å². The molecule has 10 heteroatoms. The fraction of sp³-hybridized carbons (Fsp3) is 0.0385. The monoisotopic (exact) mass is 490 g/mol. The third-order valence-corrected chi connectivity index (χ3v) is 5.69. The number of amides is 2. The third kappa shape index (κ3) is 4.31. The average Bonchev–Trinajstić information content (AvgIpc) is 3.46. The first-order valence-corrected chi connectivity index (χ1v) is 10.7. The van der Waals surface area contributed by atoms with Crippen molar-refractivity contribution in [2.75, 3.05) is 10.6 Å². The van der Waals surface area contributed by atoms with Crippen molar-refractivity contribution in [3.63, 3.8) is 0 Å². The zero-order valence-electron chi connectivity index (χ0n) is 18.4. The highest BCUT2D eigenvalue weighted by Crippen LogP contribution is 2.35. The number of anilines is 2. The zero-order valence-corrected chi connectivity index (χ0v) is 18.4. The van der Waals surface area contributed by atoms with Crippen molar-refractivity contribution in [1.29, 1.82) is 0 Å². The van der Waals surface area contributed by atoms with E-state index in [-0.39, 0.29) is 22.6 Å². The second kappa shape index (κ2) is 8.73. The number of hydrogen-bond donors (Lipinski definition) is 4. The van der Waals surface area contributed by atoms with E-state index in [1.54, 1.807) is 30.5 Å². The highest BCUT2D eigenvalue weighted by molar-refractivity contribution is 6.35. The SMILES string of the molecule is O=C1Nc2cc(NC(=O)c3c[nH]cc(-c4ccc(C(F)(F)F)cc4)c3=O)ccc2/C1=C/c1ccc[nH]1. The van der Waals surface area contributed by atoms with Gasteiger partial charge in [0.15, 0.2) is 0 Å². The van der Waals surface area contributed by atoms with Crippen molar-refractivity contribution in [2.24, 2.45) is 0 Å². The van der Waals surface area contributed by atoms with Crippen LogP contribution in [0.1, 0.15) is 27.2 Å². The summed E-state index contributed by atoms with van der Waals surface area (Å²) in [5.74, 6) is -1.000. The molecule has 4 N–H and O–H groups in total. The number of aromatic nitrogens is 2. The van der Waals surface area contributed by atoms with E-state index >= 15 is 0 Å². The number of alkyl halides is 3. The second-order valence-electron chi connectivity index (χ2n) is 8.04. The maximum absolute atomic E-state index is 12.9. The number of benzene rings is 2. The predicted molar refractivity (Wildman–Crippen MR) is 129 cm³/mol. The van der Waals surface area contributed by atoms with Crippen LogP contribution < -0.4 is 16.1 Å². The van der Waals surface area contributed by atoms with Crippen LogP contribution in [0.25, 0.3) is 22.8 Å². The number of H-pyrrole nitrogens is 2. The Labute approximate surface area is 201 Å². The van der Waals surface area contributed by atoms with Crippen LogP contribution in [0.3, 0.4) is 0 Å². The fourth-order valence-electron chi connectivity index (χ4n) is 3.91. The number of carbonyl (C=O) groups is 2. The Bertz CT molecular complexity index is 1570. The molecule has 0 atom stereocenters. The van der Waals surface area contributed by atoms with Gasteiger partial charge in [-0.2, -0.15) is 13.2 Å². The standard InChI is InChI=1S/C26H17F3N4O3/c27-26(28,29)15-5-3-14(4-6-15)20-12-30-13-21(23(20)34)25(36)32-17-7-8-18-19(10-16-2-1-9-31-16)24(35)33-22(18)11-17/h1-13,31H,(H,30,34)(H,32,36)(H,33,35)/b19-10-. The lowest BCUT2D eigenvalue weighted by atomic mass is 10.0. The first-order valence-electron chi connectivity index (χ1n) is 10.7. The summed E-state index contributed by atoms with van der Waals surface area (Å²) >= 11 is 0. The van der Waals surface area contributed by atoms with Crippen LogP contribution in [0.2, 0.25) is 0 Å². The summed E-state index contributed by atoms with van der Waals surface area (Å²) in [6, 6.07) is 12.6. The minimum atomic E-state index is -4.50. The highest BCUT2D eigenvalue weighted by Gasteiger charge is 2.30. The number of carbonyl (C=O) groups excluding carboxylic acids is 2. The molecule has 0 saturated heterocycles. The maximum atomic E-state index is 12.9. The molecule has 0 radical (unpaired) electrons. The Morgan fingerprint density at radius 2 is 1.72 bits per heavy atom. The minimum Gasteiger partial charge on any atom is -0.366 e. The number of hydrogen-bond acceptors (Lipinski definition) is 3. The van der Waals surface area contributed by atoms with Gasteiger partial charge in [-0.15, -0.1) is 0 Å². The third-order valence-electron chi connectivity index (χ3n) is 5.69. The quantitative estimate of drug-likeness (QED) is 0.298. The van der Waals surface area contributed by atoms with Gasteiger partial charge in [-0.1, -0.05) is 18.2 Å². The Balaban J connectivity index is 1.39. The normalized spacial score (nSPS) is 14.0. The largest absolute Gasteiger partial charge is 0.416 e. The summed E-state index contributed by atoms with van der Waals surface area (Å²) in [5, 5.41) is 5.38. The summed E-state index contributed by atoms with van der Waals surface area (Å²) in [6.07, 6.45) is 1.50. The van der Waals surface area contributed by atoms with Crippen molar-refractivity contribution in [1.82, 2.24) is 9.97 Å². The number of pyridine rings is 1. The van der Waals surface area contributed by atoms with E-state index in [0.717, 1.165) is 17.8 Å². The summed E-state index contributed by atoms with van der Waals surface area (Å²) in [4.78, 5) is 43.9. The topological polar surface area (TPSA) is 107 Å². The van der Waals surface area contributed by atoms with Crippen molar-refractivity contribution < 1.29 is 22.8 Å². The molecular weight excluding hydrogens is 473 g/mol. The molecule has 0 spiro atoms. The van der Waals surface area contributed by atoms with E-state index < -0.39 is 23.1 Å². The van der Waals surface area contributed by atoms with E-state index in [4.69, 9.17) is 0 Å². The number of rotatable bonds is 4. The molecule has 0 unspecified atom stereocenters. The van der Waals surface area contributed by atoms with Gasteiger partial charge in [-0.25, -0.2) is 0 Å². The Hall–Kier alpha value is -4.86. The molecule has 0 fully saturated rings. The van der Waals surface area contributed by atoms with E-state index in [0.29, 0.717) is 22.5 Å². The van der Waals surface area contributed by atoms with Crippen LogP contribution >= 0.6 is 0 Å². The van der Waals surface area contributed by atoms with Crippen LogP contribution in [0.5, 0.6) is 0 Å². The molecule has 5 rings (SSSR count). The molecule has 7 nitrogen and oxygen atoms in total. The molecule has 2 amide bonds. The van der Waals surface area contributed by atoms with Gasteiger partial charge in [0.2, 0.25) is 5.43 Å². The predicted octanol–water partition coefficient (Wildman–Crippen LogP) is 5.13. The van der Waals surface area contributed by atoms with Crippen LogP contribution in [-0.2, 0) is 11.0 Å². The molecular formula is C26H17F3N4O3. The lowest BCUT2D eigenvalue weighted by Crippen LogP contribution is -2.22. The lowest BCUT2D eigenvalue weighted by Gasteiger charge is -2.09. The van der Waals surface area contributed by atoms with Crippen LogP contribution in [-0.4, -0.2) is 21.8 Å². The molecule has 0 aliphatic carbocycles. The van der Waals surface area contributed by atoms with Gasteiger partial charge in [0.1, 0.15) is 5.56 Å². The Morgan fingerprint density at radius 3 is 2.42 bits per heavy atom. The van der Waals surface area contributed by atoms with E-state index in [1.807, 2.05) is 12.1 Å². The van der Waals surface area contributed by atoms with Crippen molar-refractivity contribution in [2.45, 2.75) is 6.18 Å². The molecule has 0 saturated carbocycles. The number of aromatic amines is 2. The number of fused-ring (bicyclic) bond motifs is 1. The van der Waals surface area contributed by atoms with Crippen LogP contribution in [0.4, 0.5) is 24.5 Å². The minimum absolute atomic E-state index is 0.0525.